The van der Waals surface area contributed by atoms with Crippen molar-refractivity contribution < 1.29 is 9.85 Å². The van der Waals surface area contributed by atoms with Gasteiger partial charge in [-0.2, -0.15) is 0 Å². The maximum Gasteiger partial charge on any atom is 0.333 e. The monoisotopic (exact) mass is 328 g/mol. The maximum absolute atomic E-state index is 12.5. The summed E-state index contributed by atoms with van der Waals surface area (Å²) in [6.45, 7) is 0. The number of hydrogen-bond donors (Lipinski definition) is 1. The minimum absolute atomic E-state index is 0.0397. The molecule has 1 aromatic heterocycles. The van der Waals surface area contributed by atoms with Gasteiger partial charge in [0.2, 0.25) is 0 Å². The number of nitrogens with zero attached hydrogens (tertiary/aromatic N) is 3. The number of aromatic amines is 1. The molecule has 0 radical (unpaired) electrons. The van der Waals surface area contributed by atoms with E-state index in [0.717, 1.165) is 22.8 Å². The second-order valence-electron chi connectivity index (χ2n) is 4.83. The smallest absolute Gasteiger partial charge is 0.306 e. The molecule has 1 heterocycles. The van der Waals surface area contributed by atoms with Crippen LogP contribution < -0.4 is 11.2 Å². The van der Waals surface area contributed by atoms with E-state index in [0.29, 0.717) is 0 Å². The highest BCUT2D eigenvalue weighted by Gasteiger charge is 2.14. The fourth-order valence-corrected chi connectivity index (χ4v) is 2.27. The van der Waals surface area contributed by atoms with Gasteiger partial charge in [-0.05, 0) is 18.2 Å². The molecule has 10 heteroatoms. The van der Waals surface area contributed by atoms with Gasteiger partial charge in [0.1, 0.15) is 0 Å². The quantitative estimate of drug-likeness (QED) is 0.570. The van der Waals surface area contributed by atoms with E-state index in [9.17, 15) is 29.8 Å². The highest BCUT2D eigenvalue weighted by Crippen LogP contribution is 2.17. The SMILES string of the molecule is O=c1[nH]c2ccc([N+](=O)[O-])cc2c(=O)n1-c1ccc([N+](=O)[O-])cc1. The Labute approximate surface area is 131 Å². The average molecular weight is 328 g/mol. The fraction of sp³-hybridized carbons (Fsp3) is 0. The fourth-order valence-electron chi connectivity index (χ4n) is 2.27. The highest BCUT2D eigenvalue weighted by molar-refractivity contribution is 5.80. The summed E-state index contributed by atoms with van der Waals surface area (Å²) in [5.41, 5.74) is -1.72. The maximum atomic E-state index is 12.5. The molecule has 0 unspecified atom stereocenters. The molecule has 120 valence electrons. The zero-order valence-electron chi connectivity index (χ0n) is 11.8. The molecule has 10 nitrogen and oxygen atoms in total. The predicted molar refractivity (Wildman–Crippen MR) is 83.5 cm³/mol. The van der Waals surface area contributed by atoms with E-state index in [1.807, 2.05) is 0 Å². The molecule has 0 amide bonds. The van der Waals surface area contributed by atoms with Crippen LogP contribution in [-0.2, 0) is 0 Å². The second kappa shape index (κ2) is 5.43. The van der Waals surface area contributed by atoms with Gasteiger partial charge in [-0.25, -0.2) is 9.36 Å². The van der Waals surface area contributed by atoms with Gasteiger partial charge in [-0.1, -0.05) is 0 Å². The molecule has 0 saturated heterocycles. The third-order valence-electron chi connectivity index (χ3n) is 3.41. The van der Waals surface area contributed by atoms with Gasteiger partial charge in [-0.15, -0.1) is 0 Å². The first-order chi connectivity index (χ1) is 11.4. The Morgan fingerprint density at radius 2 is 1.46 bits per heavy atom. The van der Waals surface area contributed by atoms with Crippen molar-refractivity contribution in [3.8, 4) is 5.69 Å². The molecule has 0 aliphatic rings. The summed E-state index contributed by atoms with van der Waals surface area (Å²) in [5.74, 6) is 0. The van der Waals surface area contributed by atoms with Crippen LogP contribution in [0, 0.1) is 20.2 Å². The lowest BCUT2D eigenvalue weighted by molar-refractivity contribution is -0.385. The van der Waals surface area contributed by atoms with E-state index in [-0.39, 0.29) is 28.0 Å². The standard InChI is InChI=1S/C14H8N4O6/c19-13-11-7-10(18(23)24)5-6-12(11)15-14(20)16(13)8-1-3-9(4-2-8)17(21)22/h1-7H,(H,15,20). The molecule has 3 rings (SSSR count). The molecular weight excluding hydrogens is 320 g/mol. The van der Waals surface area contributed by atoms with Crippen molar-refractivity contribution in [2.45, 2.75) is 0 Å². The first kappa shape index (κ1) is 15.1. The van der Waals surface area contributed by atoms with Crippen molar-refractivity contribution in [1.29, 1.82) is 0 Å². The van der Waals surface area contributed by atoms with Gasteiger partial charge < -0.3 is 4.98 Å². The van der Waals surface area contributed by atoms with Crippen LogP contribution >= 0.6 is 0 Å². The minimum atomic E-state index is -0.758. The molecule has 0 atom stereocenters. The van der Waals surface area contributed by atoms with Crippen LogP contribution in [0.3, 0.4) is 0 Å². The second-order valence-corrected chi connectivity index (χ2v) is 4.83. The van der Waals surface area contributed by atoms with Crippen molar-refractivity contribution >= 4 is 22.3 Å². The highest BCUT2D eigenvalue weighted by atomic mass is 16.6. The number of non-ortho nitro benzene ring substituents is 2. The summed E-state index contributed by atoms with van der Waals surface area (Å²) in [7, 11) is 0. The van der Waals surface area contributed by atoms with E-state index in [1.54, 1.807) is 0 Å². The molecule has 0 fully saturated rings. The number of aromatic nitrogens is 2. The summed E-state index contributed by atoms with van der Waals surface area (Å²) in [4.78, 5) is 47.4. The number of H-pyrrole nitrogens is 1. The van der Waals surface area contributed by atoms with Gasteiger partial charge in [0.05, 0.1) is 26.4 Å². The summed E-state index contributed by atoms with van der Waals surface area (Å²) < 4.78 is 0.760. The van der Waals surface area contributed by atoms with Gasteiger partial charge in [0.15, 0.2) is 0 Å². The number of nitrogens with one attached hydrogen (secondary N) is 1. The predicted octanol–water partition coefficient (Wildman–Crippen LogP) is 1.50. The largest absolute Gasteiger partial charge is 0.333 e. The van der Waals surface area contributed by atoms with Crippen LogP contribution in [-0.4, -0.2) is 19.4 Å². The lowest BCUT2D eigenvalue weighted by Gasteiger charge is -2.06. The number of benzene rings is 2. The third-order valence-corrected chi connectivity index (χ3v) is 3.41. The molecule has 0 bridgehead atoms. The van der Waals surface area contributed by atoms with E-state index < -0.39 is 21.1 Å². The van der Waals surface area contributed by atoms with Crippen LogP contribution in [0.4, 0.5) is 11.4 Å². The van der Waals surface area contributed by atoms with Crippen molar-refractivity contribution in [2.75, 3.05) is 0 Å². The first-order valence-electron chi connectivity index (χ1n) is 6.57. The van der Waals surface area contributed by atoms with Crippen molar-refractivity contribution in [3.05, 3.63) is 83.5 Å². The average Bonchev–Trinajstić information content (AvgIpc) is 2.55. The molecular formula is C14H8N4O6. The molecule has 0 aliphatic heterocycles. The van der Waals surface area contributed by atoms with Crippen LogP contribution in [0.1, 0.15) is 0 Å². The summed E-state index contributed by atoms with van der Waals surface area (Å²) >= 11 is 0. The Bertz CT molecular complexity index is 1100. The first-order valence-corrected chi connectivity index (χ1v) is 6.57. The Morgan fingerprint density at radius 3 is 2.04 bits per heavy atom. The molecule has 24 heavy (non-hydrogen) atoms. The molecule has 0 saturated carbocycles. The van der Waals surface area contributed by atoms with E-state index in [4.69, 9.17) is 0 Å². The Balaban J connectivity index is 2.27. The van der Waals surface area contributed by atoms with Crippen LogP contribution in [0.15, 0.2) is 52.1 Å². The third kappa shape index (κ3) is 2.41. The normalized spacial score (nSPS) is 10.7. The summed E-state index contributed by atoms with van der Waals surface area (Å²) in [6, 6.07) is 8.31. The number of nitro benzene ring substituents is 2. The van der Waals surface area contributed by atoms with Gasteiger partial charge >= 0.3 is 5.69 Å². The van der Waals surface area contributed by atoms with Crippen molar-refractivity contribution in [1.82, 2.24) is 9.55 Å². The van der Waals surface area contributed by atoms with Gasteiger partial charge in [0.25, 0.3) is 16.9 Å². The molecule has 1 N–H and O–H groups in total. The van der Waals surface area contributed by atoms with Crippen LogP contribution in [0.25, 0.3) is 16.6 Å². The van der Waals surface area contributed by atoms with Crippen molar-refractivity contribution in [3.63, 3.8) is 0 Å². The number of hydrogen-bond acceptors (Lipinski definition) is 6. The summed E-state index contributed by atoms with van der Waals surface area (Å²) in [5, 5.41) is 21.5. The Morgan fingerprint density at radius 1 is 0.875 bits per heavy atom. The van der Waals surface area contributed by atoms with E-state index >= 15 is 0 Å². The van der Waals surface area contributed by atoms with E-state index in [2.05, 4.69) is 4.98 Å². The molecule has 3 aromatic rings. The lowest BCUT2D eigenvalue weighted by atomic mass is 10.2. The lowest BCUT2D eigenvalue weighted by Crippen LogP contribution is -2.33. The topological polar surface area (TPSA) is 141 Å². The van der Waals surface area contributed by atoms with E-state index in [1.165, 1.54) is 24.3 Å². The number of rotatable bonds is 3. The summed E-state index contributed by atoms with van der Waals surface area (Å²) in [6.07, 6.45) is 0. The van der Waals surface area contributed by atoms with Crippen LogP contribution in [0.2, 0.25) is 0 Å². The zero-order chi connectivity index (χ0) is 17.4. The van der Waals surface area contributed by atoms with Crippen molar-refractivity contribution in [2.24, 2.45) is 0 Å². The van der Waals surface area contributed by atoms with Crippen LogP contribution in [0.5, 0.6) is 0 Å². The van der Waals surface area contributed by atoms with Gasteiger partial charge in [0, 0.05) is 24.3 Å². The zero-order valence-corrected chi connectivity index (χ0v) is 11.8. The Kier molecular flexibility index (Phi) is 3.41. The molecule has 0 spiro atoms. The molecule has 0 aliphatic carbocycles. The number of nitro groups is 2. The van der Waals surface area contributed by atoms with Gasteiger partial charge in [-0.3, -0.25) is 25.0 Å². The number of fused-ring (bicyclic) bond motifs is 1. The Hall–Kier alpha value is -3.82. The minimum Gasteiger partial charge on any atom is -0.306 e. The molecule has 2 aromatic carbocycles.